The SMILES string of the molecule is CC(C)(C)OC(=O)N[C@@H](COc1ccc2c(c1)c(SC(C)(C)C)c(CC(C)(C)C(=O)O)n2Cc1ccc(Cl)cc1)c1ccccc1. The van der Waals surface area contributed by atoms with Gasteiger partial charge in [-0.15, -0.1) is 11.8 Å². The first-order valence-corrected chi connectivity index (χ1v) is 16.6. The van der Waals surface area contributed by atoms with Crippen molar-refractivity contribution in [3.63, 3.8) is 0 Å². The van der Waals surface area contributed by atoms with Crippen LogP contribution in [0.15, 0.2) is 77.7 Å². The van der Waals surface area contributed by atoms with Crippen LogP contribution in [0.2, 0.25) is 5.02 Å². The van der Waals surface area contributed by atoms with Crippen LogP contribution < -0.4 is 10.1 Å². The van der Waals surface area contributed by atoms with E-state index in [0.717, 1.165) is 32.6 Å². The summed E-state index contributed by atoms with van der Waals surface area (Å²) in [5.41, 5.74) is 2.27. The monoisotopic (exact) mass is 664 g/mol. The Morgan fingerprint density at radius 2 is 1.59 bits per heavy atom. The lowest BCUT2D eigenvalue weighted by Crippen LogP contribution is -2.37. The van der Waals surface area contributed by atoms with Crippen molar-refractivity contribution in [3.05, 3.63) is 94.6 Å². The summed E-state index contributed by atoms with van der Waals surface area (Å²) in [5, 5.41) is 14.7. The van der Waals surface area contributed by atoms with Crippen molar-refractivity contribution in [2.45, 2.75) is 89.6 Å². The highest BCUT2D eigenvalue weighted by atomic mass is 35.5. The maximum atomic E-state index is 12.7. The second-order valence-corrected chi connectivity index (χ2v) is 16.4. The van der Waals surface area contributed by atoms with E-state index in [1.54, 1.807) is 25.6 Å². The predicted octanol–water partition coefficient (Wildman–Crippen LogP) is 9.53. The fraction of sp³-hybridized carbons (Fsp3) is 0.405. The summed E-state index contributed by atoms with van der Waals surface area (Å²) in [6.07, 6.45) is -0.177. The Labute approximate surface area is 281 Å². The quantitative estimate of drug-likeness (QED) is 0.155. The van der Waals surface area contributed by atoms with Gasteiger partial charge in [0, 0.05) is 44.2 Å². The summed E-state index contributed by atoms with van der Waals surface area (Å²) in [6, 6.07) is 22.9. The topological polar surface area (TPSA) is 89.8 Å². The first-order valence-electron chi connectivity index (χ1n) is 15.4. The molecule has 1 heterocycles. The number of benzene rings is 3. The van der Waals surface area contributed by atoms with Gasteiger partial charge in [-0.3, -0.25) is 4.79 Å². The number of nitrogens with one attached hydrogen (secondary N) is 1. The van der Waals surface area contributed by atoms with Crippen LogP contribution in [0.4, 0.5) is 4.79 Å². The summed E-state index contributed by atoms with van der Waals surface area (Å²) in [4.78, 5) is 26.1. The van der Waals surface area contributed by atoms with Crippen LogP contribution in [0.3, 0.4) is 0 Å². The number of amides is 1. The second-order valence-electron chi connectivity index (χ2n) is 14.2. The fourth-order valence-corrected chi connectivity index (χ4v) is 6.34. The van der Waals surface area contributed by atoms with Crippen molar-refractivity contribution in [1.29, 1.82) is 0 Å². The van der Waals surface area contributed by atoms with Gasteiger partial charge in [-0.2, -0.15) is 0 Å². The minimum absolute atomic E-state index is 0.145. The van der Waals surface area contributed by atoms with Gasteiger partial charge in [0.15, 0.2) is 0 Å². The van der Waals surface area contributed by atoms with E-state index in [9.17, 15) is 14.7 Å². The number of aliphatic carboxylic acids is 1. The minimum atomic E-state index is -0.991. The van der Waals surface area contributed by atoms with Crippen molar-refractivity contribution >= 4 is 46.3 Å². The van der Waals surface area contributed by atoms with Gasteiger partial charge < -0.3 is 24.5 Å². The van der Waals surface area contributed by atoms with E-state index >= 15 is 0 Å². The normalized spacial score (nSPS) is 13.0. The fourth-order valence-electron chi connectivity index (χ4n) is 5.02. The standard InChI is InChI=1S/C37H45ClN2O5S/c1-35(2,3)45-34(43)39-29(25-12-10-9-11-13-25)23-44-27-18-19-30-28(20-27)32(46-36(4,5)6)31(21-37(7,8)33(41)42)40(30)22-24-14-16-26(38)17-15-24/h9-20,29H,21-23H2,1-8H3,(H,39,43)(H,41,42)/t29-/m0/s1. The molecule has 0 fully saturated rings. The number of aromatic nitrogens is 1. The summed E-state index contributed by atoms with van der Waals surface area (Å²) in [6.45, 7) is 16.2. The first-order chi connectivity index (χ1) is 21.4. The number of carboxylic acids is 1. The van der Waals surface area contributed by atoms with E-state index in [4.69, 9.17) is 21.1 Å². The molecule has 1 atom stereocenters. The molecule has 0 radical (unpaired) electrons. The Balaban J connectivity index is 1.77. The maximum Gasteiger partial charge on any atom is 0.408 e. The summed E-state index contributed by atoms with van der Waals surface area (Å²) < 4.78 is 14.0. The van der Waals surface area contributed by atoms with Gasteiger partial charge in [-0.05, 0) is 76.1 Å². The van der Waals surface area contributed by atoms with Crippen LogP contribution >= 0.6 is 23.4 Å². The van der Waals surface area contributed by atoms with Crippen LogP contribution in [0.5, 0.6) is 5.75 Å². The molecule has 46 heavy (non-hydrogen) atoms. The molecule has 0 saturated heterocycles. The maximum absolute atomic E-state index is 12.7. The number of rotatable bonds is 11. The van der Waals surface area contributed by atoms with Crippen LogP contribution in [-0.2, 0) is 22.5 Å². The predicted molar refractivity (Wildman–Crippen MR) is 187 cm³/mol. The number of carbonyl (C=O) groups excluding carboxylic acids is 1. The molecule has 7 nitrogen and oxygen atoms in total. The lowest BCUT2D eigenvalue weighted by molar-refractivity contribution is -0.146. The molecule has 4 rings (SSSR count). The van der Waals surface area contributed by atoms with Crippen molar-refractivity contribution in [2.75, 3.05) is 6.61 Å². The van der Waals surface area contributed by atoms with E-state index < -0.39 is 29.1 Å². The lowest BCUT2D eigenvalue weighted by Gasteiger charge is -2.24. The number of hydrogen-bond donors (Lipinski definition) is 2. The molecule has 9 heteroatoms. The number of ether oxygens (including phenoxy) is 2. The molecule has 0 aliphatic carbocycles. The Morgan fingerprint density at radius 1 is 0.935 bits per heavy atom. The largest absolute Gasteiger partial charge is 0.491 e. The molecule has 0 bridgehead atoms. The summed E-state index contributed by atoms with van der Waals surface area (Å²) >= 11 is 7.91. The van der Waals surface area contributed by atoms with Gasteiger partial charge >= 0.3 is 12.1 Å². The highest BCUT2D eigenvalue weighted by Crippen LogP contribution is 2.44. The zero-order valence-electron chi connectivity index (χ0n) is 27.9. The van der Waals surface area contributed by atoms with Gasteiger partial charge in [0.25, 0.3) is 0 Å². The molecule has 3 aromatic carbocycles. The molecule has 2 N–H and O–H groups in total. The van der Waals surface area contributed by atoms with E-state index in [-0.39, 0.29) is 11.4 Å². The Morgan fingerprint density at radius 3 is 2.17 bits per heavy atom. The molecular formula is C37H45ClN2O5S. The molecule has 4 aromatic rings. The van der Waals surface area contributed by atoms with Crippen LogP contribution in [0.1, 0.15) is 78.3 Å². The molecule has 246 valence electrons. The average Bonchev–Trinajstić information content (AvgIpc) is 3.21. The third-order valence-corrected chi connectivity index (χ3v) is 8.78. The first kappa shape index (κ1) is 35.2. The van der Waals surface area contributed by atoms with E-state index in [2.05, 4.69) is 30.7 Å². The number of carbonyl (C=O) groups is 2. The molecule has 0 saturated carbocycles. The molecule has 0 unspecified atom stereocenters. The Hall–Kier alpha value is -3.62. The van der Waals surface area contributed by atoms with Crippen LogP contribution in [0, 0.1) is 5.41 Å². The second kappa shape index (κ2) is 14.0. The molecule has 0 spiro atoms. The number of nitrogens with zero attached hydrogens (tertiary/aromatic N) is 1. The van der Waals surface area contributed by atoms with E-state index in [1.165, 1.54) is 0 Å². The molecular weight excluding hydrogens is 620 g/mol. The van der Waals surface area contributed by atoms with Crippen molar-refractivity contribution < 1.29 is 24.2 Å². The molecule has 1 amide bonds. The zero-order chi connectivity index (χ0) is 33.9. The van der Waals surface area contributed by atoms with Crippen LogP contribution in [0.25, 0.3) is 10.9 Å². The third kappa shape index (κ3) is 9.46. The van der Waals surface area contributed by atoms with Crippen molar-refractivity contribution in [3.8, 4) is 5.75 Å². The highest BCUT2D eigenvalue weighted by molar-refractivity contribution is 8.00. The molecule has 0 aliphatic rings. The van der Waals surface area contributed by atoms with Crippen LogP contribution in [-0.4, -0.2) is 38.7 Å². The van der Waals surface area contributed by atoms with Crippen molar-refractivity contribution in [1.82, 2.24) is 9.88 Å². The number of hydrogen-bond acceptors (Lipinski definition) is 5. The van der Waals surface area contributed by atoms with Gasteiger partial charge in [-0.25, -0.2) is 4.79 Å². The summed E-state index contributed by atoms with van der Waals surface area (Å²) in [5.74, 6) is -0.209. The van der Waals surface area contributed by atoms with E-state index in [1.807, 2.05) is 93.6 Å². The Bertz CT molecular complexity index is 1670. The molecule has 1 aromatic heterocycles. The zero-order valence-corrected chi connectivity index (χ0v) is 29.5. The highest BCUT2D eigenvalue weighted by Gasteiger charge is 2.33. The number of alkyl carbamates (subject to hydrolysis) is 1. The average molecular weight is 665 g/mol. The number of thioether (sulfide) groups is 1. The number of halogens is 1. The Kier molecular flexibility index (Phi) is 10.7. The van der Waals surface area contributed by atoms with Gasteiger partial charge in [0.1, 0.15) is 18.0 Å². The number of carboxylic acid groups (broad SMARTS) is 1. The van der Waals surface area contributed by atoms with Crippen molar-refractivity contribution in [2.24, 2.45) is 5.41 Å². The van der Waals surface area contributed by atoms with Gasteiger partial charge in [0.2, 0.25) is 0 Å². The third-order valence-electron chi connectivity index (χ3n) is 7.25. The summed E-state index contributed by atoms with van der Waals surface area (Å²) in [7, 11) is 0. The number of fused-ring (bicyclic) bond motifs is 1. The van der Waals surface area contributed by atoms with E-state index in [0.29, 0.717) is 23.7 Å². The lowest BCUT2D eigenvalue weighted by atomic mass is 9.88. The smallest absolute Gasteiger partial charge is 0.408 e. The van der Waals surface area contributed by atoms with Gasteiger partial charge in [-0.1, -0.05) is 74.8 Å². The molecule has 0 aliphatic heterocycles. The minimum Gasteiger partial charge on any atom is -0.491 e. The van der Waals surface area contributed by atoms with Gasteiger partial charge in [0.05, 0.1) is 11.5 Å².